The van der Waals surface area contributed by atoms with Gasteiger partial charge < -0.3 is 15.4 Å². The van der Waals surface area contributed by atoms with E-state index >= 15 is 0 Å². The van der Waals surface area contributed by atoms with Gasteiger partial charge in [-0.25, -0.2) is 0 Å². The first-order valence-electron chi connectivity index (χ1n) is 5.99. The minimum Gasteiger partial charge on any atom is -0.375 e. The molecule has 2 aromatic rings. The lowest BCUT2D eigenvalue weighted by Gasteiger charge is -2.09. The molecule has 98 valence electrons. The SMILES string of the molecule is COCC(=O)Nc1cccc(Nc2ccccc2)c1. The Hall–Kier alpha value is -2.33. The van der Waals surface area contributed by atoms with Crippen LogP contribution in [0.2, 0.25) is 0 Å². The van der Waals surface area contributed by atoms with Crippen LogP contribution in [-0.2, 0) is 9.53 Å². The molecule has 2 rings (SSSR count). The van der Waals surface area contributed by atoms with Gasteiger partial charge in [-0.15, -0.1) is 0 Å². The number of hydrogen-bond acceptors (Lipinski definition) is 3. The van der Waals surface area contributed by atoms with Crippen molar-refractivity contribution in [3.8, 4) is 0 Å². The molecule has 0 atom stereocenters. The average Bonchev–Trinajstić information content (AvgIpc) is 2.40. The van der Waals surface area contributed by atoms with Gasteiger partial charge >= 0.3 is 0 Å². The Balaban J connectivity index is 2.05. The lowest BCUT2D eigenvalue weighted by atomic mass is 10.2. The van der Waals surface area contributed by atoms with Crippen molar-refractivity contribution in [2.24, 2.45) is 0 Å². The molecular weight excluding hydrogens is 240 g/mol. The van der Waals surface area contributed by atoms with Crippen LogP contribution in [-0.4, -0.2) is 19.6 Å². The van der Waals surface area contributed by atoms with E-state index < -0.39 is 0 Å². The molecule has 0 aliphatic carbocycles. The number of carbonyl (C=O) groups excluding carboxylic acids is 1. The van der Waals surface area contributed by atoms with Gasteiger partial charge in [-0.3, -0.25) is 4.79 Å². The molecule has 0 unspecified atom stereocenters. The topological polar surface area (TPSA) is 50.4 Å². The number of carbonyl (C=O) groups is 1. The minimum absolute atomic E-state index is 0.0519. The van der Waals surface area contributed by atoms with Gasteiger partial charge in [0.15, 0.2) is 0 Å². The maximum atomic E-state index is 11.4. The molecule has 2 N–H and O–H groups in total. The summed E-state index contributed by atoms with van der Waals surface area (Å²) in [5, 5.41) is 6.03. The fourth-order valence-electron chi connectivity index (χ4n) is 1.69. The molecule has 0 aliphatic heterocycles. The van der Waals surface area contributed by atoms with E-state index in [9.17, 15) is 4.79 Å². The lowest BCUT2D eigenvalue weighted by molar-refractivity contribution is -0.119. The third-order valence-corrected chi connectivity index (χ3v) is 2.48. The number of para-hydroxylation sites is 1. The maximum absolute atomic E-state index is 11.4. The molecule has 0 radical (unpaired) electrons. The second-order valence-electron chi connectivity index (χ2n) is 4.05. The first-order valence-corrected chi connectivity index (χ1v) is 5.99. The van der Waals surface area contributed by atoms with Crippen molar-refractivity contribution in [2.75, 3.05) is 24.4 Å². The number of rotatable bonds is 5. The smallest absolute Gasteiger partial charge is 0.250 e. The summed E-state index contributed by atoms with van der Waals surface area (Å²) in [7, 11) is 1.49. The molecule has 4 nitrogen and oxygen atoms in total. The Morgan fingerprint density at radius 2 is 1.68 bits per heavy atom. The van der Waals surface area contributed by atoms with E-state index in [1.54, 1.807) is 0 Å². The molecule has 0 heterocycles. The van der Waals surface area contributed by atoms with Crippen molar-refractivity contribution in [1.82, 2.24) is 0 Å². The summed E-state index contributed by atoms with van der Waals surface area (Å²) in [5.74, 6) is -0.167. The molecule has 0 bridgehead atoms. The van der Waals surface area contributed by atoms with Crippen LogP contribution in [0.15, 0.2) is 54.6 Å². The van der Waals surface area contributed by atoms with Crippen molar-refractivity contribution in [3.05, 3.63) is 54.6 Å². The summed E-state index contributed by atoms with van der Waals surface area (Å²) in [6.45, 7) is 0.0519. The molecule has 0 aliphatic rings. The zero-order valence-electron chi connectivity index (χ0n) is 10.7. The quantitative estimate of drug-likeness (QED) is 0.864. The molecule has 0 saturated heterocycles. The second kappa shape index (κ2) is 6.56. The Morgan fingerprint density at radius 1 is 1.00 bits per heavy atom. The molecule has 2 aromatic carbocycles. The van der Waals surface area contributed by atoms with Crippen LogP contribution in [0, 0.1) is 0 Å². The van der Waals surface area contributed by atoms with Gasteiger partial charge in [0.2, 0.25) is 5.91 Å². The fraction of sp³-hybridized carbons (Fsp3) is 0.133. The number of hydrogen-bond donors (Lipinski definition) is 2. The molecule has 0 spiro atoms. The molecule has 0 saturated carbocycles. The molecule has 1 amide bonds. The number of amides is 1. The first kappa shape index (κ1) is 13.1. The van der Waals surface area contributed by atoms with Gasteiger partial charge in [-0.1, -0.05) is 24.3 Å². The molecule has 0 aromatic heterocycles. The number of benzene rings is 2. The average molecular weight is 256 g/mol. The Bertz CT molecular complexity index is 541. The van der Waals surface area contributed by atoms with Gasteiger partial charge in [0, 0.05) is 24.2 Å². The van der Waals surface area contributed by atoms with Gasteiger partial charge in [0.1, 0.15) is 6.61 Å². The van der Waals surface area contributed by atoms with Gasteiger partial charge in [0.25, 0.3) is 0 Å². The predicted octanol–water partition coefficient (Wildman–Crippen LogP) is 3.02. The van der Waals surface area contributed by atoms with E-state index in [2.05, 4.69) is 10.6 Å². The van der Waals surface area contributed by atoms with Crippen molar-refractivity contribution in [2.45, 2.75) is 0 Å². The summed E-state index contributed by atoms with van der Waals surface area (Å²) in [5.41, 5.74) is 2.66. The van der Waals surface area contributed by atoms with Crippen LogP contribution >= 0.6 is 0 Å². The van der Waals surface area contributed by atoms with Crippen LogP contribution in [0.4, 0.5) is 17.1 Å². The van der Waals surface area contributed by atoms with Crippen LogP contribution in [0.5, 0.6) is 0 Å². The van der Waals surface area contributed by atoms with Crippen LogP contribution in [0.25, 0.3) is 0 Å². The summed E-state index contributed by atoms with van der Waals surface area (Å²) in [6.07, 6.45) is 0. The number of ether oxygens (including phenoxy) is 1. The molecule has 19 heavy (non-hydrogen) atoms. The Labute approximate surface area is 112 Å². The van der Waals surface area contributed by atoms with Gasteiger partial charge in [-0.2, -0.15) is 0 Å². The standard InChI is InChI=1S/C15H16N2O2/c1-19-11-15(18)17-14-9-5-8-13(10-14)16-12-6-3-2-4-7-12/h2-10,16H,11H2,1H3,(H,17,18). The highest BCUT2D eigenvalue weighted by Crippen LogP contribution is 2.19. The lowest BCUT2D eigenvalue weighted by Crippen LogP contribution is -2.17. The van der Waals surface area contributed by atoms with E-state index in [4.69, 9.17) is 4.74 Å². The van der Waals surface area contributed by atoms with Crippen LogP contribution in [0.3, 0.4) is 0 Å². The molecule has 4 heteroatoms. The minimum atomic E-state index is -0.167. The zero-order valence-corrected chi connectivity index (χ0v) is 10.7. The second-order valence-corrected chi connectivity index (χ2v) is 4.05. The predicted molar refractivity (Wildman–Crippen MR) is 76.7 cm³/mol. The third kappa shape index (κ3) is 4.12. The summed E-state index contributed by atoms with van der Waals surface area (Å²) in [4.78, 5) is 11.4. The highest BCUT2D eigenvalue weighted by atomic mass is 16.5. The number of anilines is 3. The van der Waals surface area contributed by atoms with E-state index in [0.717, 1.165) is 17.1 Å². The molecular formula is C15H16N2O2. The van der Waals surface area contributed by atoms with Crippen LogP contribution < -0.4 is 10.6 Å². The Morgan fingerprint density at radius 3 is 2.42 bits per heavy atom. The number of nitrogens with one attached hydrogen (secondary N) is 2. The van der Waals surface area contributed by atoms with Crippen molar-refractivity contribution in [3.63, 3.8) is 0 Å². The number of methoxy groups -OCH3 is 1. The van der Waals surface area contributed by atoms with E-state index in [1.807, 2.05) is 54.6 Å². The summed E-state index contributed by atoms with van der Waals surface area (Å²) in [6, 6.07) is 17.4. The van der Waals surface area contributed by atoms with Gasteiger partial charge in [-0.05, 0) is 30.3 Å². The van der Waals surface area contributed by atoms with Crippen molar-refractivity contribution >= 4 is 23.0 Å². The van der Waals surface area contributed by atoms with E-state index in [1.165, 1.54) is 7.11 Å². The fourth-order valence-corrected chi connectivity index (χ4v) is 1.69. The first-order chi connectivity index (χ1) is 9.28. The third-order valence-electron chi connectivity index (χ3n) is 2.48. The van der Waals surface area contributed by atoms with Crippen molar-refractivity contribution in [1.29, 1.82) is 0 Å². The van der Waals surface area contributed by atoms with Crippen LogP contribution in [0.1, 0.15) is 0 Å². The largest absolute Gasteiger partial charge is 0.375 e. The maximum Gasteiger partial charge on any atom is 0.250 e. The highest BCUT2D eigenvalue weighted by Gasteiger charge is 2.02. The van der Waals surface area contributed by atoms with E-state index in [-0.39, 0.29) is 12.5 Å². The normalized spacial score (nSPS) is 9.95. The van der Waals surface area contributed by atoms with Gasteiger partial charge in [0.05, 0.1) is 0 Å². The highest BCUT2D eigenvalue weighted by molar-refractivity contribution is 5.92. The summed E-state index contributed by atoms with van der Waals surface area (Å²) >= 11 is 0. The Kier molecular flexibility index (Phi) is 4.53. The molecule has 0 fully saturated rings. The summed E-state index contributed by atoms with van der Waals surface area (Å²) < 4.78 is 4.77. The van der Waals surface area contributed by atoms with E-state index in [0.29, 0.717) is 0 Å². The monoisotopic (exact) mass is 256 g/mol. The van der Waals surface area contributed by atoms with Crippen molar-refractivity contribution < 1.29 is 9.53 Å². The zero-order chi connectivity index (χ0) is 13.5.